The smallest absolute Gasteiger partial charge is 0.263 e. The van der Waals surface area contributed by atoms with Gasteiger partial charge in [-0.3, -0.25) is 4.79 Å². The highest BCUT2D eigenvalue weighted by molar-refractivity contribution is 7.13. The molecule has 23 heavy (non-hydrogen) atoms. The topological polar surface area (TPSA) is 96.5 Å². The zero-order chi connectivity index (χ0) is 16.1. The summed E-state index contributed by atoms with van der Waals surface area (Å²) in [6.45, 7) is 2.56. The van der Waals surface area contributed by atoms with Gasteiger partial charge in [0.05, 0.1) is 11.2 Å². The van der Waals surface area contributed by atoms with Crippen molar-refractivity contribution in [2.75, 3.05) is 0 Å². The maximum absolute atomic E-state index is 12.1. The van der Waals surface area contributed by atoms with Crippen molar-refractivity contribution in [3.8, 4) is 11.4 Å². The quantitative estimate of drug-likeness (QED) is 0.723. The lowest BCUT2D eigenvalue weighted by molar-refractivity contribution is 0.0955. The molecule has 0 atom stereocenters. The van der Waals surface area contributed by atoms with Crippen LogP contribution in [0.15, 0.2) is 30.5 Å². The number of H-pyrrole nitrogens is 1. The number of benzene rings is 1. The Balaban J connectivity index is 1.58. The van der Waals surface area contributed by atoms with Gasteiger partial charge in [0.2, 0.25) is 5.82 Å². The van der Waals surface area contributed by atoms with E-state index in [1.807, 2.05) is 24.3 Å². The summed E-state index contributed by atoms with van der Waals surface area (Å²) in [5, 5.41) is 17.7. The third-order valence-electron chi connectivity index (χ3n) is 3.25. The van der Waals surface area contributed by atoms with Gasteiger partial charge in [-0.1, -0.05) is 31.2 Å². The number of tetrazole rings is 1. The number of hydrogen-bond donors (Lipinski definition) is 2. The number of carbonyl (C=O) groups is 1. The number of aromatic nitrogens is 5. The van der Waals surface area contributed by atoms with Crippen LogP contribution in [-0.4, -0.2) is 31.5 Å². The van der Waals surface area contributed by atoms with Crippen molar-refractivity contribution in [1.82, 2.24) is 30.9 Å². The standard InChI is InChI=1S/C15H16N6OS/c1-2-3-13-16-9-12(23-13)15(22)17-8-10-4-6-11(7-5-10)14-18-20-21-19-14/h4-7,9H,2-3,8H2,1H3,(H,17,22)(H,18,19,20,21). The number of amides is 1. The SMILES string of the molecule is CCCc1ncc(C(=O)NCc2ccc(-c3nn[nH]n3)cc2)s1. The van der Waals surface area contributed by atoms with E-state index in [4.69, 9.17) is 0 Å². The lowest BCUT2D eigenvalue weighted by Crippen LogP contribution is -2.21. The van der Waals surface area contributed by atoms with Gasteiger partial charge in [0.1, 0.15) is 4.88 Å². The molecule has 2 heterocycles. The van der Waals surface area contributed by atoms with Crippen LogP contribution in [0, 0.1) is 0 Å². The first kappa shape index (κ1) is 15.3. The molecule has 0 saturated carbocycles. The first-order chi connectivity index (χ1) is 11.3. The molecule has 1 aromatic carbocycles. The second-order valence-corrected chi connectivity index (χ2v) is 6.10. The second kappa shape index (κ2) is 7.10. The monoisotopic (exact) mass is 328 g/mol. The van der Waals surface area contributed by atoms with Crippen LogP contribution >= 0.6 is 11.3 Å². The Kier molecular flexibility index (Phi) is 4.72. The molecule has 0 spiro atoms. The van der Waals surface area contributed by atoms with Crippen molar-refractivity contribution in [3.05, 3.63) is 45.9 Å². The van der Waals surface area contributed by atoms with E-state index in [-0.39, 0.29) is 5.91 Å². The fourth-order valence-electron chi connectivity index (χ4n) is 2.07. The molecular formula is C15H16N6OS. The summed E-state index contributed by atoms with van der Waals surface area (Å²) >= 11 is 1.45. The van der Waals surface area contributed by atoms with Crippen molar-refractivity contribution in [1.29, 1.82) is 0 Å². The molecule has 7 nitrogen and oxygen atoms in total. The molecule has 0 aliphatic carbocycles. The van der Waals surface area contributed by atoms with Crippen LogP contribution in [0.5, 0.6) is 0 Å². The number of nitrogens with one attached hydrogen (secondary N) is 2. The molecule has 8 heteroatoms. The van der Waals surface area contributed by atoms with E-state index in [0.29, 0.717) is 17.2 Å². The third-order valence-corrected chi connectivity index (χ3v) is 4.31. The van der Waals surface area contributed by atoms with Gasteiger partial charge in [-0.2, -0.15) is 5.21 Å². The van der Waals surface area contributed by atoms with Gasteiger partial charge in [0.25, 0.3) is 5.91 Å². The van der Waals surface area contributed by atoms with Crippen LogP contribution in [0.25, 0.3) is 11.4 Å². The third kappa shape index (κ3) is 3.78. The molecule has 0 saturated heterocycles. The molecule has 118 valence electrons. The van der Waals surface area contributed by atoms with Crippen molar-refractivity contribution < 1.29 is 4.79 Å². The lowest BCUT2D eigenvalue weighted by atomic mass is 10.1. The highest BCUT2D eigenvalue weighted by Gasteiger charge is 2.10. The van der Waals surface area contributed by atoms with Gasteiger partial charge >= 0.3 is 0 Å². The largest absolute Gasteiger partial charge is 0.347 e. The summed E-state index contributed by atoms with van der Waals surface area (Å²) < 4.78 is 0. The Morgan fingerprint density at radius 2 is 2.13 bits per heavy atom. The number of rotatable bonds is 6. The summed E-state index contributed by atoms with van der Waals surface area (Å²) in [5.74, 6) is 0.459. The molecule has 0 aliphatic heterocycles. The second-order valence-electron chi connectivity index (χ2n) is 4.98. The summed E-state index contributed by atoms with van der Waals surface area (Å²) in [6.07, 6.45) is 3.58. The molecule has 0 bridgehead atoms. The van der Waals surface area contributed by atoms with Crippen LogP contribution < -0.4 is 5.32 Å². The minimum Gasteiger partial charge on any atom is -0.347 e. The Hall–Kier alpha value is -2.61. The normalized spacial score (nSPS) is 10.7. The summed E-state index contributed by atoms with van der Waals surface area (Å²) in [6, 6.07) is 7.67. The molecule has 0 aliphatic rings. The number of hydrogen-bond acceptors (Lipinski definition) is 6. The molecule has 3 aromatic rings. The zero-order valence-corrected chi connectivity index (χ0v) is 13.4. The van der Waals surface area contributed by atoms with Gasteiger partial charge in [-0.05, 0) is 23.6 Å². The van der Waals surface area contributed by atoms with Crippen LogP contribution in [0.2, 0.25) is 0 Å². The molecule has 1 amide bonds. The molecule has 0 fully saturated rings. The predicted octanol–water partition coefficient (Wildman–Crippen LogP) is 2.21. The summed E-state index contributed by atoms with van der Waals surface area (Å²) in [7, 11) is 0. The van der Waals surface area contributed by atoms with E-state index in [1.165, 1.54) is 11.3 Å². The minimum atomic E-state index is -0.0907. The fourth-order valence-corrected chi connectivity index (χ4v) is 3.01. The van der Waals surface area contributed by atoms with E-state index in [2.05, 4.69) is 37.8 Å². The number of aromatic amines is 1. The Morgan fingerprint density at radius 3 is 2.83 bits per heavy atom. The average molecular weight is 328 g/mol. The molecule has 3 rings (SSSR count). The van der Waals surface area contributed by atoms with Gasteiger partial charge in [0, 0.05) is 12.1 Å². The number of aryl methyl sites for hydroxylation is 1. The fraction of sp³-hybridized carbons (Fsp3) is 0.267. The van der Waals surface area contributed by atoms with Gasteiger partial charge in [0.15, 0.2) is 0 Å². The maximum atomic E-state index is 12.1. The lowest BCUT2D eigenvalue weighted by Gasteiger charge is -2.04. The molecule has 0 unspecified atom stereocenters. The number of nitrogens with zero attached hydrogens (tertiary/aromatic N) is 4. The average Bonchev–Trinajstić information content (AvgIpc) is 3.25. The van der Waals surface area contributed by atoms with Crippen molar-refractivity contribution in [2.24, 2.45) is 0 Å². The van der Waals surface area contributed by atoms with E-state index in [1.54, 1.807) is 6.20 Å². The Morgan fingerprint density at radius 1 is 1.30 bits per heavy atom. The molecule has 2 N–H and O–H groups in total. The molecule has 2 aromatic heterocycles. The molecular weight excluding hydrogens is 312 g/mol. The number of carbonyl (C=O) groups excluding carboxylic acids is 1. The molecule has 0 radical (unpaired) electrons. The van der Waals surface area contributed by atoms with Crippen LogP contribution in [0.1, 0.15) is 33.6 Å². The first-order valence-electron chi connectivity index (χ1n) is 7.32. The number of thiazole rings is 1. The van der Waals surface area contributed by atoms with Crippen LogP contribution in [-0.2, 0) is 13.0 Å². The van der Waals surface area contributed by atoms with Crippen molar-refractivity contribution in [2.45, 2.75) is 26.3 Å². The van der Waals surface area contributed by atoms with E-state index < -0.39 is 0 Å². The van der Waals surface area contributed by atoms with Crippen LogP contribution in [0.3, 0.4) is 0 Å². The van der Waals surface area contributed by atoms with Crippen molar-refractivity contribution in [3.63, 3.8) is 0 Å². The van der Waals surface area contributed by atoms with Gasteiger partial charge in [-0.15, -0.1) is 21.5 Å². The Bertz CT molecular complexity index is 766. The van der Waals surface area contributed by atoms with Crippen LogP contribution in [0.4, 0.5) is 0 Å². The Labute approximate surface area is 137 Å². The minimum absolute atomic E-state index is 0.0907. The first-order valence-corrected chi connectivity index (χ1v) is 8.13. The zero-order valence-electron chi connectivity index (χ0n) is 12.6. The highest BCUT2D eigenvalue weighted by Crippen LogP contribution is 2.16. The van der Waals surface area contributed by atoms with E-state index in [0.717, 1.165) is 29.0 Å². The highest BCUT2D eigenvalue weighted by atomic mass is 32.1. The predicted molar refractivity (Wildman–Crippen MR) is 86.9 cm³/mol. The van der Waals surface area contributed by atoms with E-state index >= 15 is 0 Å². The van der Waals surface area contributed by atoms with Crippen molar-refractivity contribution >= 4 is 17.2 Å². The van der Waals surface area contributed by atoms with Gasteiger partial charge < -0.3 is 5.32 Å². The maximum Gasteiger partial charge on any atom is 0.263 e. The summed E-state index contributed by atoms with van der Waals surface area (Å²) in [4.78, 5) is 17.0. The van der Waals surface area contributed by atoms with Gasteiger partial charge in [-0.25, -0.2) is 4.98 Å². The van der Waals surface area contributed by atoms with E-state index in [9.17, 15) is 4.79 Å². The summed E-state index contributed by atoms with van der Waals surface area (Å²) in [5.41, 5.74) is 1.88.